The maximum atomic E-state index is 13.0. The first kappa shape index (κ1) is 16.9. The van der Waals surface area contributed by atoms with E-state index in [0.717, 1.165) is 24.2 Å². The zero-order valence-electron chi connectivity index (χ0n) is 15.1. The minimum atomic E-state index is 0.0140. The lowest BCUT2D eigenvalue weighted by Crippen LogP contribution is -2.51. The molecule has 2 aliphatic rings. The average molecular weight is 353 g/mol. The predicted octanol–water partition coefficient (Wildman–Crippen LogP) is 0.813. The highest BCUT2D eigenvalue weighted by Gasteiger charge is 2.36. The van der Waals surface area contributed by atoms with Crippen LogP contribution in [0.2, 0.25) is 0 Å². The zero-order valence-corrected chi connectivity index (χ0v) is 15.1. The molecule has 7 nitrogen and oxygen atoms in total. The van der Waals surface area contributed by atoms with Gasteiger partial charge in [0.1, 0.15) is 6.33 Å². The number of rotatable bonds is 3. The number of likely N-dealkylation sites (N-methyl/N-ethyl adjacent to an activating group) is 1. The molecule has 1 saturated heterocycles. The second kappa shape index (κ2) is 6.64. The van der Waals surface area contributed by atoms with Gasteiger partial charge in [0.05, 0.1) is 12.1 Å². The maximum Gasteiger partial charge on any atom is 0.258 e. The van der Waals surface area contributed by atoms with Crippen molar-refractivity contribution in [1.29, 1.82) is 0 Å². The second-order valence-corrected chi connectivity index (χ2v) is 7.55. The summed E-state index contributed by atoms with van der Waals surface area (Å²) in [6.07, 6.45) is 5.84. The molecule has 0 spiro atoms. The van der Waals surface area contributed by atoms with Crippen LogP contribution in [0.15, 0.2) is 35.6 Å². The molecule has 0 aromatic carbocycles. The van der Waals surface area contributed by atoms with Crippen LogP contribution >= 0.6 is 0 Å². The molecule has 1 fully saturated rings. The van der Waals surface area contributed by atoms with Gasteiger partial charge in [0.2, 0.25) is 5.91 Å². The molecule has 0 aliphatic carbocycles. The Morgan fingerprint density at radius 1 is 1.19 bits per heavy atom. The Kier molecular flexibility index (Phi) is 4.32. The smallest absolute Gasteiger partial charge is 0.258 e. The molecule has 0 saturated carbocycles. The van der Waals surface area contributed by atoms with E-state index in [-0.39, 0.29) is 17.4 Å². The van der Waals surface area contributed by atoms with Crippen molar-refractivity contribution in [2.75, 3.05) is 33.7 Å². The third kappa shape index (κ3) is 3.03. The van der Waals surface area contributed by atoms with E-state index in [1.165, 1.54) is 6.33 Å². The molecule has 2 aliphatic heterocycles. The lowest BCUT2D eigenvalue weighted by atomic mass is 9.82. The number of pyridine rings is 1. The molecule has 2 aromatic rings. The quantitative estimate of drug-likeness (QED) is 0.817. The van der Waals surface area contributed by atoms with Gasteiger partial charge in [0.15, 0.2) is 0 Å². The summed E-state index contributed by atoms with van der Waals surface area (Å²) in [5.74, 6) is 0.716. The normalized spacial score (nSPS) is 21.6. The summed E-state index contributed by atoms with van der Waals surface area (Å²) in [6, 6.07) is 3.90. The molecular formula is C19H23N5O2. The third-order valence-electron chi connectivity index (χ3n) is 5.28. The summed E-state index contributed by atoms with van der Waals surface area (Å²) in [5, 5.41) is 0. The number of aromatic nitrogens is 3. The lowest BCUT2D eigenvalue weighted by Gasteiger charge is -2.43. The van der Waals surface area contributed by atoms with Gasteiger partial charge in [-0.15, -0.1) is 0 Å². The third-order valence-corrected chi connectivity index (χ3v) is 5.28. The summed E-state index contributed by atoms with van der Waals surface area (Å²) in [6.45, 7) is 2.52. The van der Waals surface area contributed by atoms with Crippen molar-refractivity contribution in [3.63, 3.8) is 0 Å². The molecular weight excluding hydrogens is 330 g/mol. The van der Waals surface area contributed by atoms with Crippen molar-refractivity contribution < 1.29 is 4.79 Å². The summed E-state index contributed by atoms with van der Waals surface area (Å²) in [4.78, 5) is 37.4. The Morgan fingerprint density at radius 2 is 1.96 bits per heavy atom. The van der Waals surface area contributed by atoms with E-state index in [1.54, 1.807) is 12.4 Å². The molecule has 4 heterocycles. The number of piperidine rings is 1. The number of amides is 1. The molecule has 26 heavy (non-hydrogen) atoms. The number of nitrogens with zero attached hydrogens (tertiary/aromatic N) is 5. The van der Waals surface area contributed by atoms with Gasteiger partial charge in [-0.2, -0.15) is 0 Å². The van der Waals surface area contributed by atoms with Gasteiger partial charge in [0.25, 0.3) is 5.56 Å². The minimum absolute atomic E-state index is 0.0140. The standard InChI is InChI=1S/C19H23N5O2/c1-22(2)11-18(25)23-8-13-5-14(10-23)17-4-3-16(19(26)24(17)9-13)15-6-20-12-21-7-15/h3-4,6-7,12-14H,5,8-11H2,1-2H3/t13-,14+/m0/s1. The van der Waals surface area contributed by atoms with Gasteiger partial charge in [-0.25, -0.2) is 9.97 Å². The van der Waals surface area contributed by atoms with E-state index in [1.807, 2.05) is 40.6 Å². The van der Waals surface area contributed by atoms with E-state index >= 15 is 0 Å². The Hall–Kier alpha value is -2.54. The van der Waals surface area contributed by atoms with E-state index in [2.05, 4.69) is 9.97 Å². The van der Waals surface area contributed by atoms with Gasteiger partial charge in [-0.05, 0) is 38.6 Å². The number of hydrogen-bond donors (Lipinski definition) is 0. The van der Waals surface area contributed by atoms with Crippen LogP contribution in [0.25, 0.3) is 11.1 Å². The van der Waals surface area contributed by atoms with Crippen molar-refractivity contribution in [3.05, 3.63) is 46.9 Å². The maximum absolute atomic E-state index is 13.0. The van der Waals surface area contributed by atoms with Gasteiger partial charge in [0, 0.05) is 49.2 Å². The fraction of sp³-hybridized carbons (Fsp3) is 0.474. The first-order valence-corrected chi connectivity index (χ1v) is 8.94. The van der Waals surface area contributed by atoms with Crippen LogP contribution in [0.1, 0.15) is 18.0 Å². The molecule has 136 valence electrons. The Morgan fingerprint density at radius 3 is 2.69 bits per heavy atom. The molecule has 2 aromatic heterocycles. The summed E-state index contributed by atoms with van der Waals surface area (Å²) in [5.41, 5.74) is 2.43. The molecule has 0 N–H and O–H groups in total. The van der Waals surface area contributed by atoms with Crippen molar-refractivity contribution in [2.24, 2.45) is 5.92 Å². The van der Waals surface area contributed by atoms with Gasteiger partial charge in [-0.3, -0.25) is 9.59 Å². The van der Waals surface area contributed by atoms with Crippen LogP contribution < -0.4 is 5.56 Å². The molecule has 7 heteroatoms. The fourth-order valence-electron chi connectivity index (χ4n) is 4.18. The van der Waals surface area contributed by atoms with Crippen molar-refractivity contribution in [1.82, 2.24) is 24.3 Å². The molecule has 2 bridgehead atoms. The number of carbonyl (C=O) groups excluding carboxylic acids is 1. The van der Waals surface area contributed by atoms with Gasteiger partial charge >= 0.3 is 0 Å². The highest BCUT2D eigenvalue weighted by atomic mass is 16.2. The van der Waals surface area contributed by atoms with Crippen molar-refractivity contribution in [3.8, 4) is 11.1 Å². The van der Waals surface area contributed by atoms with Crippen LogP contribution in [0, 0.1) is 5.92 Å². The first-order valence-electron chi connectivity index (χ1n) is 8.94. The lowest BCUT2D eigenvalue weighted by molar-refractivity contribution is -0.134. The summed E-state index contributed by atoms with van der Waals surface area (Å²) >= 11 is 0. The number of likely N-dealkylation sites (tertiary alicyclic amines) is 1. The van der Waals surface area contributed by atoms with Crippen LogP contribution in [0.5, 0.6) is 0 Å². The molecule has 4 rings (SSSR count). The largest absolute Gasteiger partial charge is 0.341 e. The number of carbonyl (C=O) groups is 1. The SMILES string of the molecule is CN(C)CC(=O)N1C[C@@H]2C[C@H](C1)c1ccc(-c3cncnc3)c(=O)n1C2. The van der Waals surface area contributed by atoms with E-state index in [9.17, 15) is 9.59 Å². The summed E-state index contributed by atoms with van der Waals surface area (Å²) in [7, 11) is 3.82. The predicted molar refractivity (Wildman–Crippen MR) is 97.7 cm³/mol. The number of fused-ring (bicyclic) bond motifs is 4. The Bertz CT molecular complexity index is 877. The summed E-state index contributed by atoms with van der Waals surface area (Å²) < 4.78 is 1.90. The first-order chi connectivity index (χ1) is 12.5. The zero-order chi connectivity index (χ0) is 18.3. The monoisotopic (exact) mass is 353 g/mol. The molecule has 1 amide bonds. The topological polar surface area (TPSA) is 71.3 Å². The van der Waals surface area contributed by atoms with E-state index < -0.39 is 0 Å². The molecule has 0 radical (unpaired) electrons. The van der Waals surface area contributed by atoms with Crippen LogP contribution in [-0.4, -0.2) is 64.0 Å². The van der Waals surface area contributed by atoms with Crippen LogP contribution in [0.3, 0.4) is 0 Å². The Labute approximate surface area is 152 Å². The molecule has 2 atom stereocenters. The molecule has 0 unspecified atom stereocenters. The van der Waals surface area contributed by atoms with Gasteiger partial charge in [-0.1, -0.05) is 0 Å². The van der Waals surface area contributed by atoms with Crippen LogP contribution in [0.4, 0.5) is 0 Å². The minimum Gasteiger partial charge on any atom is -0.341 e. The highest BCUT2D eigenvalue weighted by Crippen LogP contribution is 2.35. The van der Waals surface area contributed by atoms with E-state index in [0.29, 0.717) is 31.1 Å². The van der Waals surface area contributed by atoms with E-state index in [4.69, 9.17) is 0 Å². The average Bonchev–Trinajstić information content (AvgIpc) is 2.62. The fourth-order valence-corrected chi connectivity index (χ4v) is 4.18. The Balaban J connectivity index is 1.65. The second-order valence-electron chi connectivity index (χ2n) is 7.55. The van der Waals surface area contributed by atoms with Crippen molar-refractivity contribution in [2.45, 2.75) is 18.9 Å². The van der Waals surface area contributed by atoms with Gasteiger partial charge < -0.3 is 14.4 Å². The van der Waals surface area contributed by atoms with Crippen LogP contribution in [-0.2, 0) is 11.3 Å². The number of hydrogen-bond acceptors (Lipinski definition) is 5. The van der Waals surface area contributed by atoms with Crippen molar-refractivity contribution >= 4 is 5.91 Å². The highest BCUT2D eigenvalue weighted by molar-refractivity contribution is 5.78.